The summed E-state index contributed by atoms with van der Waals surface area (Å²) in [5, 5.41) is 0. The van der Waals surface area contributed by atoms with Crippen LogP contribution in [-0.2, 0) is 5.41 Å². The third-order valence-corrected chi connectivity index (χ3v) is 3.85. The van der Waals surface area contributed by atoms with Crippen LogP contribution in [0.3, 0.4) is 0 Å². The Morgan fingerprint density at radius 1 is 1.05 bits per heavy atom. The second-order valence-electron chi connectivity index (χ2n) is 6.19. The number of nitrogens with zero attached hydrogens (tertiary/aromatic N) is 1. The van der Waals surface area contributed by atoms with Crippen LogP contribution < -0.4 is 5.73 Å². The summed E-state index contributed by atoms with van der Waals surface area (Å²) < 4.78 is 0. The van der Waals surface area contributed by atoms with Crippen LogP contribution in [0.1, 0.15) is 58.2 Å². The molecule has 2 heteroatoms. The van der Waals surface area contributed by atoms with Gasteiger partial charge in [-0.15, -0.1) is 0 Å². The largest absolute Gasteiger partial charge is 0.330 e. The number of hydrogen-bond donors (Lipinski definition) is 1. The van der Waals surface area contributed by atoms with Crippen LogP contribution in [0.5, 0.6) is 0 Å². The summed E-state index contributed by atoms with van der Waals surface area (Å²) in [5.74, 6) is 0. The molecule has 0 aromatic heterocycles. The molecule has 19 heavy (non-hydrogen) atoms. The first-order valence-electron chi connectivity index (χ1n) is 7.48. The SMILES string of the molecule is CCN(CC)C(CCN)c1ccc(C(C)(C)C)cc1. The van der Waals surface area contributed by atoms with Gasteiger partial charge in [-0.05, 0) is 42.6 Å². The van der Waals surface area contributed by atoms with E-state index in [-0.39, 0.29) is 5.41 Å². The molecule has 1 atom stereocenters. The monoisotopic (exact) mass is 262 g/mol. The van der Waals surface area contributed by atoms with Gasteiger partial charge in [0.25, 0.3) is 0 Å². The Kier molecular flexibility index (Phi) is 6.02. The average molecular weight is 262 g/mol. The van der Waals surface area contributed by atoms with Gasteiger partial charge in [0, 0.05) is 6.04 Å². The molecule has 0 saturated carbocycles. The van der Waals surface area contributed by atoms with E-state index in [1.807, 2.05) is 0 Å². The summed E-state index contributed by atoms with van der Waals surface area (Å²) in [4.78, 5) is 2.49. The van der Waals surface area contributed by atoms with Gasteiger partial charge in [0.2, 0.25) is 0 Å². The van der Waals surface area contributed by atoms with Crippen molar-refractivity contribution in [3.63, 3.8) is 0 Å². The fourth-order valence-electron chi connectivity index (χ4n) is 2.59. The van der Waals surface area contributed by atoms with E-state index >= 15 is 0 Å². The molecule has 1 unspecified atom stereocenters. The Morgan fingerprint density at radius 2 is 1.58 bits per heavy atom. The Bertz CT molecular complexity index is 358. The van der Waals surface area contributed by atoms with E-state index in [2.05, 4.69) is 63.8 Å². The van der Waals surface area contributed by atoms with Crippen molar-refractivity contribution in [3.05, 3.63) is 35.4 Å². The number of hydrogen-bond acceptors (Lipinski definition) is 2. The molecule has 0 spiro atoms. The van der Waals surface area contributed by atoms with E-state index < -0.39 is 0 Å². The van der Waals surface area contributed by atoms with Gasteiger partial charge in [-0.3, -0.25) is 4.90 Å². The molecule has 1 rings (SSSR count). The van der Waals surface area contributed by atoms with E-state index in [9.17, 15) is 0 Å². The highest BCUT2D eigenvalue weighted by Gasteiger charge is 2.18. The smallest absolute Gasteiger partial charge is 0.0359 e. The normalized spacial score (nSPS) is 13.8. The summed E-state index contributed by atoms with van der Waals surface area (Å²) in [7, 11) is 0. The fraction of sp³-hybridized carbons (Fsp3) is 0.647. The summed E-state index contributed by atoms with van der Waals surface area (Å²) in [5.41, 5.74) is 8.79. The van der Waals surface area contributed by atoms with Crippen LogP contribution >= 0.6 is 0 Å². The van der Waals surface area contributed by atoms with Crippen molar-refractivity contribution in [3.8, 4) is 0 Å². The van der Waals surface area contributed by atoms with Gasteiger partial charge in [-0.1, -0.05) is 58.9 Å². The minimum absolute atomic E-state index is 0.219. The molecule has 0 aliphatic carbocycles. The highest BCUT2D eigenvalue weighted by molar-refractivity contribution is 5.29. The van der Waals surface area contributed by atoms with Gasteiger partial charge in [0.05, 0.1) is 0 Å². The summed E-state index contributed by atoms with van der Waals surface area (Å²) in [6.07, 6.45) is 1.02. The van der Waals surface area contributed by atoms with Crippen molar-refractivity contribution < 1.29 is 0 Å². The van der Waals surface area contributed by atoms with E-state index in [1.165, 1.54) is 11.1 Å². The lowest BCUT2D eigenvalue weighted by Crippen LogP contribution is -2.30. The zero-order valence-corrected chi connectivity index (χ0v) is 13.2. The zero-order valence-electron chi connectivity index (χ0n) is 13.2. The molecule has 1 aromatic rings. The third kappa shape index (κ3) is 4.32. The molecule has 0 amide bonds. The Morgan fingerprint density at radius 3 is 1.95 bits per heavy atom. The summed E-state index contributed by atoms with van der Waals surface area (Å²) in [6.45, 7) is 14.1. The topological polar surface area (TPSA) is 29.3 Å². The van der Waals surface area contributed by atoms with Gasteiger partial charge < -0.3 is 5.73 Å². The van der Waals surface area contributed by atoms with Crippen LogP contribution in [0.4, 0.5) is 0 Å². The molecule has 0 aliphatic heterocycles. The predicted octanol–water partition coefficient (Wildman–Crippen LogP) is 3.72. The van der Waals surface area contributed by atoms with Crippen molar-refractivity contribution in [2.75, 3.05) is 19.6 Å². The van der Waals surface area contributed by atoms with Gasteiger partial charge in [0.1, 0.15) is 0 Å². The standard InChI is InChI=1S/C17H30N2/c1-6-19(7-2)16(12-13-18)14-8-10-15(11-9-14)17(3,4)5/h8-11,16H,6-7,12-13,18H2,1-5H3. The molecule has 0 heterocycles. The van der Waals surface area contributed by atoms with E-state index in [4.69, 9.17) is 5.73 Å². The highest BCUT2D eigenvalue weighted by Crippen LogP contribution is 2.27. The van der Waals surface area contributed by atoms with Crippen molar-refractivity contribution in [1.29, 1.82) is 0 Å². The number of rotatable bonds is 6. The van der Waals surface area contributed by atoms with Crippen LogP contribution in [0, 0.1) is 0 Å². The molecular formula is C17H30N2. The molecule has 0 aliphatic rings. The van der Waals surface area contributed by atoms with E-state index in [1.54, 1.807) is 0 Å². The lowest BCUT2D eigenvalue weighted by Gasteiger charge is -2.30. The lowest BCUT2D eigenvalue weighted by molar-refractivity contribution is 0.210. The summed E-state index contributed by atoms with van der Waals surface area (Å²) in [6, 6.07) is 9.54. The maximum Gasteiger partial charge on any atom is 0.0359 e. The summed E-state index contributed by atoms with van der Waals surface area (Å²) >= 11 is 0. The van der Waals surface area contributed by atoms with Gasteiger partial charge >= 0.3 is 0 Å². The molecule has 0 radical (unpaired) electrons. The number of nitrogens with two attached hydrogens (primary N) is 1. The molecule has 0 saturated heterocycles. The molecule has 0 bridgehead atoms. The quantitative estimate of drug-likeness (QED) is 0.846. The van der Waals surface area contributed by atoms with Crippen LogP contribution in [0.2, 0.25) is 0 Å². The number of benzene rings is 1. The Balaban J connectivity index is 2.97. The second-order valence-corrected chi connectivity index (χ2v) is 6.19. The van der Waals surface area contributed by atoms with E-state index in [0.29, 0.717) is 6.04 Å². The molecular weight excluding hydrogens is 232 g/mol. The van der Waals surface area contributed by atoms with E-state index in [0.717, 1.165) is 26.1 Å². The fourth-order valence-corrected chi connectivity index (χ4v) is 2.59. The molecule has 2 nitrogen and oxygen atoms in total. The van der Waals surface area contributed by atoms with Crippen molar-refractivity contribution >= 4 is 0 Å². The zero-order chi connectivity index (χ0) is 14.5. The maximum atomic E-state index is 5.79. The van der Waals surface area contributed by atoms with Crippen LogP contribution in [0.25, 0.3) is 0 Å². The Hall–Kier alpha value is -0.860. The van der Waals surface area contributed by atoms with Crippen LogP contribution in [-0.4, -0.2) is 24.5 Å². The van der Waals surface area contributed by atoms with Crippen LogP contribution in [0.15, 0.2) is 24.3 Å². The lowest BCUT2D eigenvalue weighted by atomic mass is 9.86. The van der Waals surface area contributed by atoms with Crippen molar-refractivity contribution in [2.45, 2.75) is 52.5 Å². The maximum absolute atomic E-state index is 5.79. The van der Waals surface area contributed by atoms with Gasteiger partial charge in [0.15, 0.2) is 0 Å². The molecule has 2 N–H and O–H groups in total. The van der Waals surface area contributed by atoms with Crippen molar-refractivity contribution in [2.24, 2.45) is 5.73 Å². The first-order chi connectivity index (χ1) is 8.93. The van der Waals surface area contributed by atoms with Gasteiger partial charge in [-0.2, -0.15) is 0 Å². The third-order valence-electron chi connectivity index (χ3n) is 3.85. The molecule has 0 fully saturated rings. The second kappa shape index (κ2) is 7.06. The first kappa shape index (κ1) is 16.2. The highest BCUT2D eigenvalue weighted by atomic mass is 15.1. The molecule has 108 valence electrons. The van der Waals surface area contributed by atoms with Crippen molar-refractivity contribution in [1.82, 2.24) is 4.90 Å². The minimum Gasteiger partial charge on any atom is -0.330 e. The molecule has 1 aromatic carbocycles. The first-order valence-corrected chi connectivity index (χ1v) is 7.48. The minimum atomic E-state index is 0.219. The predicted molar refractivity (Wildman–Crippen MR) is 84.5 cm³/mol. The van der Waals surface area contributed by atoms with Gasteiger partial charge in [-0.25, -0.2) is 0 Å². The Labute approximate surface area is 119 Å². The average Bonchev–Trinajstić information content (AvgIpc) is 2.38.